The van der Waals surface area contributed by atoms with Crippen molar-refractivity contribution in [2.45, 2.75) is 50.2 Å². The van der Waals surface area contributed by atoms with Crippen molar-refractivity contribution in [1.82, 2.24) is 19.4 Å². The van der Waals surface area contributed by atoms with E-state index in [1.54, 1.807) is 46.1 Å². The second-order valence-corrected chi connectivity index (χ2v) is 9.09. The Morgan fingerprint density at radius 1 is 1.32 bits per heavy atom. The van der Waals surface area contributed by atoms with E-state index in [-0.39, 0.29) is 22.9 Å². The van der Waals surface area contributed by atoms with Crippen LogP contribution in [-0.2, 0) is 28.4 Å². The predicted molar refractivity (Wildman–Crippen MR) is 108 cm³/mol. The summed E-state index contributed by atoms with van der Waals surface area (Å²) in [5, 5.41) is 4.14. The van der Waals surface area contributed by atoms with Crippen LogP contribution in [-0.4, -0.2) is 41.1 Å². The highest BCUT2D eigenvalue weighted by Gasteiger charge is 2.27. The minimum atomic E-state index is -3.46. The largest absolute Gasteiger partial charge is 0.332 e. The van der Waals surface area contributed by atoms with Gasteiger partial charge in [0.25, 0.3) is 0 Å². The Balaban J connectivity index is 1.66. The third-order valence-electron chi connectivity index (χ3n) is 4.53. The Bertz CT molecular complexity index is 958. The SMILES string of the molecule is CC(C)N(Cc1cnn(C)c1)C(=O)C=Cc1ccc(S(=O)(=O)NC2CC2)cc1. The third-order valence-corrected chi connectivity index (χ3v) is 6.06. The van der Waals surface area contributed by atoms with Crippen LogP contribution in [0.25, 0.3) is 6.08 Å². The van der Waals surface area contributed by atoms with E-state index < -0.39 is 10.0 Å². The van der Waals surface area contributed by atoms with Crippen molar-refractivity contribution >= 4 is 22.0 Å². The quantitative estimate of drug-likeness (QED) is 0.687. The van der Waals surface area contributed by atoms with Crippen LogP contribution in [0.1, 0.15) is 37.8 Å². The number of hydrogen-bond donors (Lipinski definition) is 1. The molecule has 1 saturated carbocycles. The van der Waals surface area contributed by atoms with Crippen molar-refractivity contribution in [3.63, 3.8) is 0 Å². The number of nitrogens with zero attached hydrogens (tertiary/aromatic N) is 3. The number of nitrogens with one attached hydrogen (secondary N) is 1. The van der Waals surface area contributed by atoms with Crippen LogP contribution >= 0.6 is 0 Å². The van der Waals surface area contributed by atoms with Gasteiger partial charge in [0.15, 0.2) is 0 Å². The first-order valence-corrected chi connectivity index (χ1v) is 10.8. The Morgan fingerprint density at radius 2 is 2.00 bits per heavy atom. The lowest BCUT2D eigenvalue weighted by Gasteiger charge is -2.25. The Hall–Kier alpha value is -2.45. The first-order valence-electron chi connectivity index (χ1n) is 9.33. The Kier molecular flexibility index (Phi) is 6.00. The summed E-state index contributed by atoms with van der Waals surface area (Å²) in [6.07, 6.45) is 8.65. The normalized spacial score (nSPS) is 14.7. The van der Waals surface area contributed by atoms with Crippen molar-refractivity contribution in [2.75, 3.05) is 0 Å². The maximum absolute atomic E-state index is 12.6. The van der Waals surface area contributed by atoms with Crippen LogP contribution in [0.15, 0.2) is 47.6 Å². The summed E-state index contributed by atoms with van der Waals surface area (Å²) in [4.78, 5) is 14.6. The molecule has 28 heavy (non-hydrogen) atoms. The van der Waals surface area contributed by atoms with Crippen molar-refractivity contribution < 1.29 is 13.2 Å². The summed E-state index contributed by atoms with van der Waals surface area (Å²) in [6.45, 7) is 4.42. The molecule has 0 aliphatic heterocycles. The van der Waals surface area contributed by atoms with Crippen LogP contribution in [0.5, 0.6) is 0 Å². The van der Waals surface area contributed by atoms with Gasteiger partial charge in [-0.15, -0.1) is 0 Å². The summed E-state index contributed by atoms with van der Waals surface area (Å²) >= 11 is 0. The molecule has 0 radical (unpaired) electrons. The smallest absolute Gasteiger partial charge is 0.247 e. The highest BCUT2D eigenvalue weighted by atomic mass is 32.2. The van der Waals surface area contributed by atoms with E-state index in [1.165, 1.54) is 6.08 Å². The van der Waals surface area contributed by atoms with Crippen molar-refractivity contribution in [2.24, 2.45) is 7.05 Å². The Labute approximate surface area is 166 Å². The fraction of sp³-hybridized carbons (Fsp3) is 0.400. The number of carbonyl (C=O) groups excluding carboxylic acids is 1. The van der Waals surface area contributed by atoms with Gasteiger partial charge in [-0.3, -0.25) is 9.48 Å². The number of hydrogen-bond acceptors (Lipinski definition) is 4. The maximum atomic E-state index is 12.6. The molecule has 150 valence electrons. The van der Waals surface area contributed by atoms with Gasteiger partial charge < -0.3 is 4.90 Å². The average Bonchev–Trinajstić information content (AvgIpc) is 3.35. The van der Waals surface area contributed by atoms with E-state index in [0.717, 1.165) is 24.0 Å². The zero-order valence-corrected chi connectivity index (χ0v) is 17.2. The maximum Gasteiger partial charge on any atom is 0.247 e. The topological polar surface area (TPSA) is 84.3 Å². The van der Waals surface area contributed by atoms with Gasteiger partial charge in [-0.2, -0.15) is 5.10 Å². The molecule has 1 aliphatic rings. The molecular weight excluding hydrogens is 376 g/mol. The molecule has 0 atom stereocenters. The molecule has 0 bridgehead atoms. The summed E-state index contributed by atoms with van der Waals surface area (Å²) < 4.78 is 28.8. The molecule has 8 heteroatoms. The average molecular weight is 403 g/mol. The molecular formula is C20H26N4O3S. The number of amides is 1. The van der Waals surface area contributed by atoms with E-state index in [9.17, 15) is 13.2 Å². The zero-order valence-electron chi connectivity index (χ0n) is 16.4. The van der Waals surface area contributed by atoms with Crippen molar-refractivity contribution in [1.29, 1.82) is 0 Å². The van der Waals surface area contributed by atoms with Gasteiger partial charge in [0.1, 0.15) is 0 Å². The minimum Gasteiger partial charge on any atom is -0.332 e. The zero-order chi connectivity index (χ0) is 20.3. The number of benzene rings is 1. The molecule has 1 heterocycles. The number of aryl methyl sites for hydroxylation is 1. The lowest BCUT2D eigenvalue weighted by Crippen LogP contribution is -2.35. The molecule has 7 nitrogen and oxygen atoms in total. The van der Waals surface area contributed by atoms with Gasteiger partial charge in [-0.25, -0.2) is 13.1 Å². The first kappa shape index (κ1) is 20.3. The van der Waals surface area contributed by atoms with E-state index in [4.69, 9.17) is 0 Å². The number of aromatic nitrogens is 2. The molecule has 3 rings (SSSR count). The second-order valence-electron chi connectivity index (χ2n) is 7.38. The molecule has 1 fully saturated rings. The molecule has 0 spiro atoms. The van der Waals surface area contributed by atoms with Gasteiger partial charge in [0, 0.05) is 43.5 Å². The van der Waals surface area contributed by atoms with Crippen molar-refractivity contribution in [3.05, 3.63) is 53.9 Å². The fourth-order valence-corrected chi connectivity index (χ4v) is 4.08. The van der Waals surface area contributed by atoms with Gasteiger partial charge in [-0.1, -0.05) is 12.1 Å². The molecule has 1 aromatic heterocycles. The number of rotatable bonds is 8. The van der Waals surface area contributed by atoms with Gasteiger partial charge in [0.05, 0.1) is 11.1 Å². The van der Waals surface area contributed by atoms with Crippen molar-refractivity contribution in [3.8, 4) is 0 Å². The van der Waals surface area contributed by atoms with E-state index in [2.05, 4.69) is 9.82 Å². The third kappa shape index (κ3) is 5.30. The number of sulfonamides is 1. The van der Waals surface area contributed by atoms with Crippen LogP contribution in [0.4, 0.5) is 0 Å². The van der Waals surface area contributed by atoms with Crippen LogP contribution in [0.3, 0.4) is 0 Å². The lowest BCUT2D eigenvalue weighted by atomic mass is 10.2. The van der Waals surface area contributed by atoms with Crippen LogP contribution < -0.4 is 4.72 Å². The first-order chi connectivity index (χ1) is 13.2. The highest BCUT2D eigenvalue weighted by molar-refractivity contribution is 7.89. The standard InChI is InChI=1S/C20H26N4O3S/c1-15(2)24(14-17-12-21-23(3)13-17)20(25)11-6-16-4-9-19(10-5-16)28(26,27)22-18-7-8-18/h4-6,9-13,15,18,22H,7-8,14H2,1-3H3. The fourth-order valence-electron chi connectivity index (χ4n) is 2.78. The molecule has 0 unspecified atom stereocenters. The van der Waals surface area contributed by atoms with Crippen LogP contribution in [0, 0.1) is 0 Å². The van der Waals surface area contributed by atoms with Gasteiger partial charge in [0.2, 0.25) is 15.9 Å². The molecule has 1 aliphatic carbocycles. The molecule has 0 saturated heterocycles. The second kappa shape index (κ2) is 8.28. The molecule has 1 amide bonds. The summed E-state index contributed by atoms with van der Waals surface area (Å²) in [6, 6.07) is 6.63. The van der Waals surface area contributed by atoms with E-state index >= 15 is 0 Å². The molecule has 1 N–H and O–H groups in total. The monoisotopic (exact) mass is 402 g/mol. The van der Waals surface area contributed by atoms with E-state index in [1.807, 2.05) is 27.1 Å². The molecule has 1 aromatic carbocycles. The van der Waals surface area contributed by atoms with Gasteiger partial charge in [-0.05, 0) is 50.5 Å². The highest BCUT2D eigenvalue weighted by Crippen LogP contribution is 2.22. The summed E-state index contributed by atoms with van der Waals surface area (Å²) in [7, 11) is -1.62. The summed E-state index contributed by atoms with van der Waals surface area (Å²) in [5.41, 5.74) is 1.74. The molecule has 2 aromatic rings. The van der Waals surface area contributed by atoms with E-state index in [0.29, 0.717) is 6.54 Å². The number of carbonyl (C=O) groups is 1. The lowest BCUT2D eigenvalue weighted by molar-refractivity contribution is -0.128. The van der Waals surface area contributed by atoms with Gasteiger partial charge >= 0.3 is 0 Å². The summed E-state index contributed by atoms with van der Waals surface area (Å²) in [5.74, 6) is -0.106. The van der Waals surface area contributed by atoms with Crippen LogP contribution in [0.2, 0.25) is 0 Å². The minimum absolute atomic E-state index is 0.0402. The predicted octanol–water partition coefficient (Wildman–Crippen LogP) is 2.31. The Morgan fingerprint density at radius 3 is 2.54 bits per heavy atom.